The van der Waals surface area contributed by atoms with Crippen LogP contribution in [0.1, 0.15) is 28.7 Å². The van der Waals surface area contributed by atoms with E-state index in [1.54, 1.807) is 6.08 Å². The van der Waals surface area contributed by atoms with Gasteiger partial charge in [0.1, 0.15) is 6.10 Å². The lowest BCUT2D eigenvalue weighted by atomic mass is 9.70. The van der Waals surface area contributed by atoms with Crippen LogP contribution in [0.3, 0.4) is 0 Å². The molecule has 6 heteroatoms. The van der Waals surface area contributed by atoms with Crippen LogP contribution in [-0.4, -0.2) is 48.8 Å². The molecule has 0 aliphatic heterocycles. The summed E-state index contributed by atoms with van der Waals surface area (Å²) >= 11 is 0. The highest BCUT2D eigenvalue weighted by atomic mass is 16.6. The number of hydrogen-bond donors (Lipinski definition) is 1. The highest BCUT2D eigenvalue weighted by Crippen LogP contribution is 2.51. The highest BCUT2D eigenvalue weighted by Gasteiger charge is 2.61. The van der Waals surface area contributed by atoms with Crippen LogP contribution in [0.25, 0.3) is 0 Å². The van der Waals surface area contributed by atoms with Crippen LogP contribution in [0.15, 0.2) is 134 Å². The van der Waals surface area contributed by atoms with Gasteiger partial charge in [0.15, 0.2) is 0 Å². The molecule has 0 heterocycles. The maximum absolute atomic E-state index is 11.7. The van der Waals surface area contributed by atoms with E-state index in [4.69, 9.17) is 23.7 Å². The third-order valence-corrected chi connectivity index (χ3v) is 9.40. The summed E-state index contributed by atoms with van der Waals surface area (Å²) in [6.45, 7) is 6.44. The zero-order valence-electron chi connectivity index (χ0n) is 26.9. The Kier molecular flexibility index (Phi) is 12.0. The number of benzene rings is 4. The third kappa shape index (κ3) is 8.65. The minimum Gasteiger partial charge on any atom is -0.390 e. The summed E-state index contributed by atoms with van der Waals surface area (Å²) in [7, 11) is 0. The topological polar surface area (TPSA) is 66.4 Å². The van der Waals surface area contributed by atoms with Gasteiger partial charge in [0.05, 0.1) is 64.1 Å². The van der Waals surface area contributed by atoms with Crippen LogP contribution < -0.4 is 0 Å². The molecule has 0 unspecified atom stereocenters. The van der Waals surface area contributed by atoms with Crippen LogP contribution in [0.2, 0.25) is 0 Å². The van der Waals surface area contributed by atoms with Crippen LogP contribution >= 0.6 is 0 Å². The first kappa shape index (κ1) is 33.3. The van der Waals surface area contributed by atoms with Gasteiger partial charge in [0.2, 0.25) is 0 Å². The summed E-state index contributed by atoms with van der Waals surface area (Å²) in [6.07, 6.45) is -0.0416. The Hall–Kier alpha value is -3.62. The van der Waals surface area contributed by atoms with Gasteiger partial charge in [0.25, 0.3) is 0 Å². The number of aliphatic hydroxyl groups excluding tert-OH is 1. The van der Waals surface area contributed by atoms with Crippen molar-refractivity contribution in [2.45, 2.75) is 63.4 Å². The molecule has 47 heavy (non-hydrogen) atoms. The van der Waals surface area contributed by atoms with Gasteiger partial charge in [-0.05, 0) is 34.6 Å². The first-order valence-electron chi connectivity index (χ1n) is 16.7. The van der Waals surface area contributed by atoms with Crippen LogP contribution in [-0.2, 0) is 50.1 Å². The predicted octanol–water partition coefficient (Wildman–Crippen LogP) is 7.16. The molecule has 246 valence electrons. The zero-order chi connectivity index (χ0) is 32.3. The molecule has 0 radical (unpaired) electrons. The van der Waals surface area contributed by atoms with Gasteiger partial charge in [0, 0.05) is 11.8 Å². The van der Waals surface area contributed by atoms with Gasteiger partial charge in [-0.25, -0.2) is 0 Å². The summed E-state index contributed by atoms with van der Waals surface area (Å²) in [5.74, 6) is -0.250. The first-order valence-corrected chi connectivity index (χ1v) is 16.7. The van der Waals surface area contributed by atoms with Crippen molar-refractivity contribution in [2.75, 3.05) is 13.2 Å². The number of rotatable bonds is 16. The average molecular weight is 635 g/mol. The smallest absolute Gasteiger partial charge is 0.111 e. The minimum atomic E-state index is -0.702. The molecule has 4 aromatic rings. The molecule has 0 saturated heterocycles. The number of ether oxygens (including phenoxy) is 5. The maximum Gasteiger partial charge on any atom is 0.111 e. The molecule has 8 atom stereocenters. The van der Waals surface area contributed by atoms with Crippen molar-refractivity contribution >= 4 is 0 Å². The van der Waals surface area contributed by atoms with Crippen LogP contribution in [0, 0.1) is 17.8 Å². The molecule has 2 saturated carbocycles. The van der Waals surface area contributed by atoms with E-state index in [0.717, 1.165) is 22.3 Å². The molecule has 1 N–H and O–H groups in total. The molecular formula is C41H46O6. The molecule has 2 aliphatic carbocycles. The summed E-state index contributed by atoms with van der Waals surface area (Å²) < 4.78 is 33.4. The van der Waals surface area contributed by atoms with Gasteiger partial charge in [-0.15, -0.1) is 6.58 Å². The fourth-order valence-corrected chi connectivity index (χ4v) is 7.29. The van der Waals surface area contributed by atoms with E-state index in [9.17, 15) is 5.11 Å². The Morgan fingerprint density at radius 2 is 0.957 bits per heavy atom. The van der Waals surface area contributed by atoms with Crippen LogP contribution in [0.4, 0.5) is 0 Å². The molecule has 4 aromatic carbocycles. The first-order chi connectivity index (χ1) is 23.2. The predicted molar refractivity (Wildman–Crippen MR) is 182 cm³/mol. The lowest BCUT2D eigenvalue weighted by Gasteiger charge is -2.44. The fraction of sp³-hybridized carbons (Fsp3) is 0.366. The molecule has 6 nitrogen and oxygen atoms in total. The third-order valence-electron chi connectivity index (χ3n) is 9.40. The second-order valence-electron chi connectivity index (χ2n) is 12.6. The van der Waals surface area contributed by atoms with E-state index in [2.05, 4.69) is 55.1 Å². The molecular weight excluding hydrogens is 588 g/mol. The Bertz CT molecular complexity index is 1470. The Morgan fingerprint density at radius 1 is 0.532 bits per heavy atom. The number of hydrogen-bond acceptors (Lipinski definition) is 6. The molecule has 2 fully saturated rings. The monoisotopic (exact) mass is 634 g/mol. The van der Waals surface area contributed by atoms with E-state index in [1.165, 1.54) is 0 Å². The van der Waals surface area contributed by atoms with Crippen molar-refractivity contribution in [2.24, 2.45) is 17.8 Å². The standard InChI is InChI=1S/C41H46O6/c1-2-23-44-38-35(42)24-34(29-43-25-30-15-7-3-8-16-30)36-37(38)40(46-27-32-19-11-5-12-20-32)41(47-28-33-21-13-6-14-22-33)39(36)45-26-31-17-9-4-10-18-31/h2-22,34-42H,1,23-29H2/t34-,35+,36-,37+,38+,39+,40-,41-/m1/s1. The van der Waals surface area contributed by atoms with E-state index in [1.807, 2.05) is 72.8 Å². The molecule has 6 rings (SSSR count). The second-order valence-corrected chi connectivity index (χ2v) is 12.6. The van der Waals surface area contributed by atoms with Gasteiger partial charge < -0.3 is 28.8 Å². The van der Waals surface area contributed by atoms with Crippen molar-refractivity contribution < 1.29 is 28.8 Å². The van der Waals surface area contributed by atoms with Crippen molar-refractivity contribution in [3.63, 3.8) is 0 Å². The molecule has 0 bridgehead atoms. The molecule has 0 amide bonds. The average Bonchev–Trinajstić information content (AvgIpc) is 3.43. The Morgan fingerprint density at radius 3 is 1.43 bits per heavy atom. The minimum absolute atomic E-state index is 0.00350. The Labute approximate surface area is 278 Å². The van der Waals surface area contributed by atoms with Gasteiger partial charge in [-0.3, -0.25) is 0 Å². The van der Waals surface area contributed by atoms with Crippen molar-refractivity contribution in [1.82, 2.24) is 0 Å². The van der Waals surface area contributed by atoms with E-state index in [0.29, 0.717) is 46.1 Å². The second kappa shape index (κ2) is 17.0. The highest BCUT2D eigenvalue weighted by molar-refractivity contribution is 5.18. The van der Waals surface area contributed by atoms with Gasteiger partial charge in [-0.1, -0.05) is 127 Å². The maximum atomic E-state index is 11.7. The zero-order valence-corrected chi connectivity index (χ0v) is 26.9. The van der Waals surface area contributed by atoms with Crippen molar-refractivity contribution in [1.29, 1.82) is 0 Å². The summed E-state index contributed by atoms with van der Waals surface area (Å²) in [5, 5.41) is 11.7. The van der Waals surface area contributed by atoms with Gasteiger partial charge in [-0.2, -0.15) is 0 Å². The number of fused-ring (bicyclic) bond motifs is 1. The van der Waals surface area contributed by atoms with Crippen molar-refractivity contribution in [3.05, 3.63) is 156 Å². The SMILES string of the molecule is C=CCO[C@@H]1[C@H]2[C@@H](OCc3ccccc3)[C@H](OCc3ccccc3)[C@@H](OCc3ccccc3)[C@@H]2[C@@H](COCc2ccccc2)C[C@@H]1O. The van der Waals surface area contributed by atoms with Gasteiger partial charge >= 0.3 is 0 Å². The Balaban J connectivity index is 1.34. The molecule has 2 aliphatic rings. The summed E-state index contributed by atoms with van der Waals surface area (Å²) in [6, 6.07) is 40.8. The van der Waals surface area contributed by atoms with Crippen molar-refractivity contribution in [3.8, 4) is 0 Å². The fourth-order valence-electron chi connectivity index (χ4n) is 7.29. The van der Waals surface area contributed by atoms with E-state index >= 15 is 0 Å². The largest absolute Gasteiger partial charge is 0.390 e. The summed E-state index contributed by atoms with van der Waals surface area (Å²) in [4.78, 5) is 0. The quantitative estimate of drug-likeness (QED) is 0.132. The lowest BCUT2D eigenvalue weighted by molar-refractivity contribution is -0.162. The van der Waals surface area contributed by atoms with E-state index in [-0.39, 0.29) is 23.9 Å². The summed E-state index contributed by atoms with van der Waals surface area (Å²) in [5.41, 5.74) is 4.35. The molecule has 0 aromatic heterocycles. The molecule has 0 spiro atoms. The van der Waals surface area contributed by atoms with Crippen LogP contribution in [0.5, 0.6) is 0 Å². The lowest BCUT2D eigenvalue weighted by Crippen LogP contribution is -2.52. The normalized spacial score (nSPS) is 26.9. The van der Waals surface area contributed by atoms with E-state index < -0.39 is 24.4 Å². The number of aliphatic hydroxyl groups is 1.